The van der Waals surface area contributed by atoms with Crippen molar-refractivity contribution in [2.75, 3.05) is 0 Å². The zero-order valence-corrected chi connectivity index (χ0v) is 15.7. The van der Waals surface area contributed by atoms with Gasteiger partial charge in [0, 0.05) is 8.95 Å². The van der Waals surface area contributed by atoms with Gasteiger partial charge in [-0.15, -0.1) is 11.6 Å². The highest BCUT2D eigenvalue weighted by Gasteiger charge is 2.38. The van der Waals surface area contributed by atoms with Crippen LogP contribution in [-0.4, -0.2) is 0 Å². The van der Waals surface area contributed by atoms with Crippen LogP contribution in [0.15, 0.2) is 21.1 Å². The molecule has 0 nitrogen and oxygen atoms in total. The Labute approximate surface area is 138 Å². The van der Waals surface area contributed by atoms with E-state index in [-0.39, 0.29) is 5.38 Å². The van der Waals surface area contributed by atoms with Crippen molar-refractivity contribution in [3.8, 4) is 0 Å². The fourth-order valence-corrected chi connectivity index (χ4v) is 5.00. The third kappa shape index (κ3) is 3.39. The van der Waals surface area contributed by atoms with Crippen LogP contribution in [0.25, 0.3) is 0 Å². The number of hydrogen-bond acceptors (Lipinski definition) is 0. The van der Waals surface area contributed by atoms with E-state index in [1.165, 1.54) is 36.8 Å². The molecule has 0 radical (unpaired) electrons. The van der Waals surface area contributed by atoms with Crippen molar-refractivity contribution in [3.63, 3.8) is 0 Å². The molecular formula is C16H21Br2Cl. The first-order valence-electron chi connectivity index (χ1n) is 6.92. The molecule has 0 bridgehead atoms. The number of halogens is 3. The van der Waals surface area contributed by atoms with Crippen LogP contribution in [0.1, 0.15) is 56.0 Å². The van der Waals surface area contributed by atoms with E-state index in [0.29, 0.717) is 11.3 Å². The third-order valence-corrected chi connectivity index (χ3v) is 6.60. The minimum atomic E-state index is 0.0848. The van der Waals surface area contributed by atoms with Gasteiger partial charge in [0.05, 0.1) is 5.38 Å². The lowest BCUT2D eigenvalue weighted by Gasteiger charge is -2.41. The Morgan fingerprint density at radius 3 is 2.53 bits per heavy atom. The van der Waals surface area contributed by atoms with Gasteiger partial charge in [0.1, 0.15) is 0 Å². The lowest BCUT2D eigenvalue weighted by atomic mass is 9.66. The van der Waals surface area contributed by atoms with Crippen LogP contribution in [0.4, 0.5) is 0 Å². The molecule has 1 aliphatic rings. The minimum absolute atomic E-state index is 0.0848. The number of benzene rings is 1. The van der Waals surface area contributed by atoms with E-state index in [2.05, 4.69) is 64.8 Å². The molecular weight excluding hydrogens is 387 g/mol. The maximum atomic E-state index is 6.85. The topological polar surface area (TPSA) is 0 Å². The molecule has 0 aliphatic heterocycles. The van der Waals surface area contributed by atoms with Crippen molar-refractivity contribution in [3.05, 3.63) is 32.2 Å². The number of alkyl halides is 1. The summed E-state index contributed by atoms with van der Waals surface area (Å²) in [6.07, 6.45) is 5.17. The van der Waals surface area contributed by atoms with E-state index in [1.54, 1.807) is 0 Å². The average molecular weight is 409 g/mol. The molecule has 3 heteroatoms. The van der Waals surface area contributed by atoms with Crippen molar-refractivity contribution in [1.82, 2.24) is 0 Å². The standard InChI is InChI=1S/C16H21Br2Cl/c1-10-8-14(18)11(9-13(10)17)15(19)12-6-4-5-7-16(12,2)3/h8-9,12,15H,4-7H2,1-3H3. The quantitative estimate of drug-likeness (QED) is 0.461. The van der Waals surface area contributed by atoms with Crippen LogP contribution >= 0.6 is 43.5 Å². The molecule has 0 saturated heterocycles. The summed E-state index contributed by atoms with van der Waals surface area (Å²) in [5.74, 6) is 0.550. The monoisotopic (exact) mass is 406 g/mol. The lowest BCUT2D eigenvalue weighted by molar-refractivity contribution is 0.133. The highest BCUT2D eigenvalue weighted by Crippen LogP contribution is 2.50. The van der Waals surface area contributed by atoms with Crippen LogP contribution in [0.2, 0.25) is 0 Å². The van der Waals surface area contributed by atoms with Gasteiger partial charge in [-0.1, -0.05) is 58.5 Å². The number of hydrogen-bond donors (Lipinski definition) is 0. The van der Waals surface area contributed by atoms with Gasteiger partial charge in [0.15, 0.2) is 0 Å². The van der Waals surface area contributed by atoms with E-state index in [0.717, 1.165) is 8.95 Å². The molecule has 2 unspecified atom stereocenters. The molecule has 0 amide bonds. The second kappa shape index (κ2) is 6.07. The summed E-state index contributed by atoms with van der Waals surface area (Å²) < 4.78 is 2.28. The second-order valence-electron chi connectivity index (χ2n) is 6.37. The van der Waals surface area contributed by atoms with Crippen molar-refractivity contribution >= 4 is 43.5 Å². The van der Waals surface area contributed by atoms with Crippen molar-refractivity contribution < 1.29 is 0 Å². The van der Waals surface area contributed by atoms with Crippen molar-refractivity contribution in [2.24, 2.45) is 11.3 Å². The highest BCUT2D eigenvalue weighted by molar-refractivity contribution is 9.11. The predicted octanol–water partition coefficient (Wildman–Crippen LogP) is 7.02. The molecule has 19 heavy (non-hydrogen) atoms. The predicted molar refractivity (Wildman–Crippen MR) is 90.9 cm³/mol. The molecule has 0 N–H and O–H groups in total. The highest BCUT2D eigenvalue weighted by atomic mass is 79.9. The van der Waals surface area contributed by atoms with E-state index >= 15 is 0 Å². The summed E-state index contributed by atoms with van der Waals surface area (Å²) in [7, 11) is 0. The summed E-state index contributed by atoms with van der Waals surface area (Å²) in [5.41, 5.74) is 2.79. The molecule has 1 aromatic carbocycles. The summed E-state index contributed by atoms with van der Waals surface area (Å²) in [4.78, 5) is 0. The first-order valence-corrected chi connectivity index (χ1v) is 8.95. The Morgan fingerprint density at radius 1 is 1.21 bits per heavy atom. The Balaban J connectivity index is 2.33. The molecule has 1 aliphatic carbocycles. The molecule has 2 rings (SSSR count). The number of rotatable bonds is 2. The summed E-state index contributed by atoms with van der Waals surface area (Å²) in [5, 5.41) is 0.0848. The maximum absolute atomic E-state index is 6.85. The Bertz CT molecular complexity index is 468. The molecule has 0 aromatic heterocycles. The van der Waals surface area contributed by atoms with Gasteiger partial charge < -0.3 is 0 Å². The Morgan fingerprint density at radius 2 is 1.89 bits per heavy atom. The fraction of sp³-hybridized carbons (Fsp3) is 0.625. The molecule has 0 heterocycles. The summed E-state index contributed by atoms with van der Waals surface area (Å²) in [6.45, 7) is 6.83. The van der Waals surface area contributed by atoms with Crippen LogP contribution in [0.3, 0.4) is 0 Å². The molecule has 1 aromatic rings. The number of aryl methyl sites for hydroxylation is 1. The molecule has 1 fully saturated rings. The molecule has 1 saturated carbocycles. The normalized spacial score (nSPS) is 24.2. The molecule has 0 spiro atoms. The lowest BCUT2D eigenvalue weighted by Crippen LogP contribution is -2.31. The van der Waals surface area contributed by atoms with Crippen LogP contribution in [0, 0.1) is 18.3 Å². The van der Waals surface area contributed by atoms with Gasteiger partial charge in [0.2, 0.25) is 0 Å². The van der Waals surface area contributed by atoms with Gasteiger partial charge in [0.25, 0.3) is 0 Å². The van der Waals surface area contributed by atoms with Gasteiger partial charge >= 0.3 is 0 Å². The zero-order chi connectivity index (χ0) is 14.2. The summed E-state index contributed by atoms with van der Waals surface area (Å²) >= 11 is 14.2. The smallest absolute Gasteiger partial charge is 0.0629 e. The first kappa shape index (κ1) is 15.9. The van der Waals surface area contributed by atoms with Crippen LogP contribution in [0.5, 0.6) is 0 Å². The zero-order valence-electron chi connectivity index (χ0n) is 11.8. The van der Waals surface area contributed by atoms with E-state index in [4.69, 9.17) is 11.6 Å². The van der Waals surface area contributed by atoms with Crippen LogP contribution in [-0.2, 0) is 0 Å². The second-order valence-corrected chi connectivity index (χ2v) is 8.54. The minimum Gasteiger partial charge on any atom is -0.117 e. The van der Waals surface area contributed by atoms with Crippen LogP contribution < -0.4 is 0 Å². The fourth-order valence-electron chi connectivity index (χ4n) is 3.15. The molecule has 106 valence electrons. The van der Waals surface area contributed by atoms with Crippen molar-refractivity contribution in [2.45, 2.75) is 51.8 Å². The van der Waals surface area contributed by atoms with E-state index < -0.39 is 0 Å². The van der Waals surface area contributed by atoms with Gasteiger partial charge in [-0.3, -0.25) is 0 Å². The Kier molecular flexibility index (Phi) is 5.07. The third-order valence-electron chi connectivity index (χ3n) is 4.52. The Hall–Kier alpha value is 0.470. The van der Waals surface area contributed by atoms with E-state index in [1.807, 2.05) is 0 Å². The largest absolute Gasteiger partial charge is 0.117 e. The average Bonchev–Trinajstić information content (AvgIpc) is 2.32. The molecule has 2 atom stereocenters. The summed E-state index contributed by atoms with van der Waals surface area (Å²) in [6, 6.07) is 4.34. The maximum Gasteiger partial charge on any atom is 0.0629 e. The SMILES string of the molecule is Cc1cc(Br)c(C(Cl)C2CCCCC2(C)C)cc1Br. The first-order chi connectivity index (χ1) is 8.83. The van der Waals surface area contributed by atoms with E-state index in [9.17, 15) is 0 Å². The van der Waals surface area contributed by atoms with Gasteiger partial charge in [-0.2, -0.15) is 0 Å². The van der Waals surface area contributed by atoms with Gasteiger partial charge in [-0.05, 0) is 54.4 Å². The van der Waals surface area contributed by atoms with Crippen molar-refractivity contribution in [1.29, 1.82) is 0 Å². The van der Waals surface area contributed by atoms with Gasteiger partial charge in [-0.25, -0.2) is 0 Å².